The van der Waals surface area contributed by atoms with Crippen LogP contribution in [0.15, 0.2) is 0 Å². The van der Waals surface area contributed by atoms with Gasteiger partial charge in [-0.15, -0.1) is 0 Å². The zero-order valence-electron chi connectivity index (χ0n) is 7.87. The molecule has 0 aromatic rings. The minimum atomic E-state index is 0.590. The molecule has 2 aliphatic carbocycles. The van der Waals surface area contributed by atoms with E-state index < -0.39 is 0 Å². The van der Waals surface area contributed by atoms with Gasteiger partial charge in [-0.05, 0) is 23.7 Å². The van der Waals surface area contributed by atoms with E-state index in [9.17, 15) is 0 Å². The summed E-state index contributed by atoms with van der Waals surface area (Å²) in [7, 11) is 0. The molecule has 0 radical (unpaired) electrons. The Morgan fingerprint density at radius 1 is 0.636 bits per heavy atom. The molecule has 0 saturated heterocycles. The van der Waals surface area contributed by atoms with Crippen molar-refractivity contribution in [1.82, 2.24) is 0 Å². The Kier molecular flexibility index (Phi) is 1.54. The van der Waals surface area contributed by atoms with E-state index in [1.54, 1.807) is 0 Å². The average molecular weight is 154 g/mol. The average Bonchev–Trinajstić information content (AvgIpc) is 2.72. The van der Waals surface area contributed by atoms with Gasteiger partial charge in [-0.2, -0.15) is 0 Å². The molecule has 0 aromatic carbocycles. The summed E-state index contributed by atoms with van der Waals surface area (Å²) in [4.78, 5) is 0. The van der Waals surface area contributed by atoms with Crippen LogP contribution in [-0.2, 0) is 4.74 Å². The quantitative estimate of drug-likeness (QED) is 0.593. The lowest BCUT2D eigenvalue weighted by Crippen LogP contribution is -2.01. The highest BCUT2D eigenvalue weighted by molar-refractivity contribution is 4.99. The van der Waals surface area contributed by atoms with Crippen molar-refractivity contribution in [3.05, 3.63) is 0 Å². The van der Waals surface area contributed by atoms with Gasteiger partial charge in [-0.25, -0.2) is 0 Å². The molecular weight excluding hydrogens is 136 g/mol. The van der Waals surface area contributed by atoms with Gasteiger partial charge < -0.3 is 4.74 Å². The maximum Gasteiger partial charge on any atom is 0.0637 e. The molecule has 2 saturated carbocycles. The number of ether oxygens (including phenoxy) is 1. The van der Waals surface area contributed by atoms with Crippen molar-refractivity contribution in [2.24, 2.45) is 23.7 Å². The summed E-state index contributed by atoms with van der Waals surface area (Å²) < 4.78 is 5.92. The maximum absolute atomic E-state index is 5.92. The Bertz CT molecular complexity index is 132. The van der Waals surface area contributed by atoms with Crippen LogP contribution in [-0.4, -0.2) is 12.2 Å². The van der Waals surface area contributed by atoms with Crippen LogP contribution in [0.4, 0.5) is 0 Å². The lowest BCUT2D eigenvalue weighted by atomic mass is 10.4. The molecular formula is C10H18O. The lowest BCUT2D eigenvalue weighted by Gasteiger charge is -1.99. The van der Waals surface area contributed by atoms with Crippen molar-refractivity contribution < 1.29 is 4.74 Å². The van der Waals surface area contributed by atoms with Crippen LogP contribution in [0.1, 0.15) is 27.7 Å². The molecule has 2 fully saturated rings. The fourth-order valence-electron chi connectivity index (χ4n) is 1.91. The van der Waals surface area contributed by atoms with Crippen molar-refractivity contribution >= 4 is 0 Å². The summed E-state index contributed by atoms with van der Waals surface area (Å²) in [5, 5.41) is 0. The fraction of sp³-hybridized carbons (Fsp3) is 1.00. The van der Waals surface area contributed by atoms with E-state index in [4.69, 9.17) is 4.74 Å². The Labute approximate surface area is 69.1 Å². The third-order valence-corrected chi connectivity index (χ3v) is 3.76. The summed E-state index contributed by atoms with van der Waals surface area (Å²) in [6, 6.07) is 0. The highest BCUT2D eigenvalue weighted by Crippen LogP contribution is 2.49. The first-order valence-corrected chi connectivity index (χ1v) is 4.78. The molecule has 0 amide bonds. The molecule has 11 heavy (non-hydrogen) atoms. The molecule has 0 heterocycles. The van der Waals surface area contributed by atoms with Gasteiger partial charge in [0, 0.05) is 0 Å². The van der Waals surface area contributed by atoms with Gasteiger partial charge >= 0.3 is 0 Å². The molecule has 2 rings (SSSR count). The number of rotatable bonds is 2. The summed E-state index contributed by atoms with van der Waals surface area (Å²) in [5.41, 5.74) is 0. The zero-order valence-corrected chi connectivity index (χ0v) is 7.87. The second kappa shape index (κ2) is 2.22. The highest BCUT2D eigenvalue weighted by Gasteiger charge is 2.52. The molecule has 0 N–H and O–H groups in total. The third-order valence-electron chi connectivity index (χ3n) is 3.76. The molecule has 0 aromatic heterocycles. The second-order valence-corrected chi connectivity index (χ2v) is 4.50. The van der Waals surface area contributed by atoms with Gasteiger partial charge in [-0.3, -0.25) is 0 Å². The van der Waals surface area contributed by atoms with Crippen LogP contribution in [0, 0.1) is 23.7 Å². The summed E-state index contributed by atoms with van der Waals surface area (Å²) >= 11 is 0. The summed E-state index contributed by atoms with van der Waals surface area (Å²) in [6.07, 6.45) is 1.18. The van der Waals surface area contributed by atoms with Crippen molar-refractivity contribution in [3.63, 3.8) is 0 Å². The van der Waals surface area contributed by atoms with Crippen LogP contribution >= 0.6 is 0 Å². The van der Waals surface area contributed by atoms with Crippen molar-refractivity contribution in [1.29, 1.82) is 0 Å². The molecule has 0 aliphatic heterocycles. The largest absolute Gasteiger partial charge is 0.374 e. The first kappa shape index (κ1) is 7.60. The van der Waals surface area contributed by atoms with Crippen LogP contribution in [0.3, 0.4) is 0 Å². The molecule has 0 spiro atoms. The minimum absolute atomic E-state index is 0.590. The Morgan fingerprint density at radius 2 is 0.909 bits per heavy atom. The number of hydrogen-bond acceptors (Lipinski definition) is 1. The van der Waals surface area contributed by atoms with E-state index in [0.29, 0.717) is 12.2 Å². The standard InChI is InChI=1S/C10H18O/c1-5-6(2)9(5)11-10-7(3)8(10)4/h5-10H,1-4H3. The topological polar surface area (TPSA) is 9.23 Å². The van der Waals surface area contributed by atoms with Gasteiger partial charge in [0.05, 0.1) is 12.2 Å². The van der Waals surface area contributed by atoms with Gasteiger partial charge in [0.2, 0.25) is 0 Å². The first-order chi connectivity index (χ1) is 5.13. The predicted octanol–water partition coefficient (Wildman–Crippen LogP) is 2.31. The molecule has 0 bridgehead atoms. The molecule has 1 nitrogen and oxygen atoms in total. The number of hydrogen-bond donors (Lipinski definition) is 0. The first-order valence-electron chi connectivity index (χ1n) is 4.78. The third kappa shape index (κ3) is 1.10. The van der Waals surface area contributed by atoms with Crippen molar-refractivity contribution in [2.75, 3.05) is 0 Å². The van der Waals surface area contributed by atoms with Crippen molar-refractivity contribution in [3.8, 4) is 0 Å². The van der Waals surface area contributed by atoms with Gasteiger partial charge in [0.1, 0.15) is 0 Å². The fourth-order valence-corrected chi connectivity index (χ4v) is 1.91. The van der Waals surface area contributed by atoms with E-state index in [1.807, 2.05) is 0 Å². The Morgan fingerprint density at radius 3 is 1.09 bits per heavy atom. The predicted molar refractivity (Wildman–Crippen MR) is 45.3 cm³/mol. The van der Waals surface area contributed by atoms with E-state index in [0.717, 1.165) is 23.7 Å². The smallest absolute Gasteiger partial charge is 0.0637 e. The van der Waals surface area contributed by atoms with Crippen LogP contribution in [0.5, 0.6) is 0 Å². The van der Waals surface area contributed by atoms with Gasteiger partial charge in [0.15, 0.2) is 0 Å². The van der Waals surface area contributed by atoms with Crippen LogP contribution in [0.25, 0.3) is 0 Å². The van der Waals surface area contributed by atoms with Gasteiger partial charge in [0.25, 0.3) is 0 Å². The summed E-state index contributed by atoms with van der Waals surface area (Å²) in [6.45, 7) is 9.14. The van der Waals surface area contributed by atoms with Crippen LogP contribution < -0.4 is 0 Å². The molecule has 1 heteroatoms. The van der Waals surface area contributed by atoms with Crippen LogP contribution in [0.2, 0.25) is 0 Å². The highest BCUT2D eigenvalue weighted by atomic mass is 16.5. The van der Waals surface area contributed by atoms with Crippen molar-refractivity contribution in [2.45, 2.75) is 39.9 Å². The van der Waals surface area contributed by atoms with E-state index in [1.165, 1.54) is 0 Å². The SMILES string of the molecule is CC1C(C)C1OC1C(C)C1C. The van der Waals surface area contributed by atoms with E-state index >= 15 is 0 Å². The Hall–Kier alpha value is -0.0400. The summed E-state index contributed by atoms with van der Waals surface area (Å²) in [5.74, 6) is 3.26. The maximum atomic E-state index is 5.92. The zero-order chi connectivity index (χ0) is 8.17. The molecule has 64 valence electrons. The minimum Gasteiger partial charge on any atom is -0.374 e. The van der Waals surface area contributed by atoms with E-state index in [-0.39, 0.29) is 0 Å². The lowest BCUT2D eigenvalue weighted by molar-refractivity contribution is 0.0748. The molecule has 4 atom stereocenters. The van der Waals surface area contributed by atoms with E-state index in [2.05, 4.69) is 27.7 Å². The van der Waals surface area contributed by atoms with Gasteiger partial charge in [-0.1, -0.05) is 27.7 Å². The normalized spacial score (nSPS) is 61.1. The molecule has 2 aliphatic rings. The second-order valence-electron chi connectivity index (χ2n) is 4.50. The Balaban J connectivity index is 1.77. The monoisotopic (exact) mass is 154 g/mol. The molecule has 4 unspecified atom stereocenters.